The zero-order valence-corrected chi connectivity index (χ0v) is 28.7. The predicted molar refractivity (Wildman–Crippen MR) is 122 cm³/mol. The number of carbonyl (C=O) groups is 4. The fourth-order valence-corrected chi connectivity index (χ4v) is 5.89. The summed E-state index contributed by atoms with van der Waals surface area (Å²) in [6.45, 7) is 1.02. The summed E-state index contributed by atoms with van der Waals surface area (Å²) in [5.41, 5.74) is 0. The molecular weight excluding hydrogens is 815 g/mol. The zero-order chi connectivity index (χ0) is 28.7. The summed E-state index contributed by atoms with van der Waals surface area (Å²) in [6, 6.07) is 7.63. The molecular formula is C24H25F2NO11RfS-2. The van der Waals surface area contributed by atoms with Gasteiger partial charge in [-0.25, -0.2) is 22.0 Å². The van der Waals surface area contributed by atoms with Crippen molar-refractivity contribution in [2.24, 2.45) is 23.7 Å². The van der Waals surface area contributed by atoms with Crippen LogP contribution in [-0.4, -0.2) is 78.3 Å². The zero-order valence-electron chi connectivity index (χ0n) is 21.4. The van der Waals surface area contributed by atoms with Crippen molar-refractivity contribution in [2.75, 3.05) is 13.2 Å². The van der Waals surface area contributed by atoms with Crippen LogP contribution < -0.4 is 4.74 Å². The molecule has 0 N–H and O–H groups in total. The van der Waals surface area contributed by atoms with Crippen LogP contribution in [0, 0.1) is 30.3 Å². The Morgan fingerprint density at radius 3 is 2.35 bits per heavy atom. The summed E-state index contributed by atoms with van der Waals surface area (Å²) in [6.07, 6.45) is -0.401. The fourth-order valence-electron chi connectivity index (χ4n) is 5.73. The summed E-state index contributed by atoms with van der Waals surface area (Å²) in [7, 11) is -6.09. The van der Waals surface area contributed by atoms with E-state index < -0.39 is 83.0 Å². The molecule has 2 saturated carbocycles. The third-order valence-electron chi connectivity index (χ3n) is 7.07. The van der Waals surface area contributed by atoms with Crippen LogP contribution in [0.5, 0.6) is 5.75 Å². The molecule has 12 nitrogen and oxygen atoms in total. The van der Waals surface area contributed by atoms with Gasteiger partial charge in [0.15, 0.2) is 0 Å². The first-order chi connectivity index (χ1) is 18.2. The molecule has 1 amide bonds. The minimum atomic E-state index is -6.09. The number of halogens is 2. The van der Waals surface area contributed by atoms with Crippen molar-refractivity contribution in [3.63, 3.8) is 0 Å². The van der Waals surface area contributed by atoms with Crippen molar-refractivity contribution < 1.29 is 59.9 Å². The van der Waals surface area contributed by atoms with E-state index in [-0.39, 0.29) is 17.9 Å². The van der Waals surface area contributed by atoms with Gasteiger partial charge < -0.3 is 28.4 Å². The third kappa shape index (κ3) is 5.58. The van der Waals surface area contributed by atoms with E-state index >= 15 is 0 Å². The molecule has 40 heavy (non-hydrogen) atoms. The molecule has 1 aromatic rings. The third-order valence-corrected chi connectivity index (χ3v) is 7.83. The molecule has 0 spiro atoms. The number of amides is 1. The van der Waals surface area contributed by atoms with Crippen LogP contribution in [0.15, 0.2) is 30.3 Å². The molecule has 1 saturated heterocycles. The Morgan fingerprint density at radius 2 is 1.75 bits per heavy atom. The molecule has 2 aliphatic carbocycles. The van der Waals surface area contributed by atoms with E-state index in [1.807, 2.05) is 0 Å². The van der Waals surface area contributed by atoms with Gasteiger partial charge in [-0.1, -0.05) is 24.8 Å². The Kier molecular flexibility index (Phi) is 8.46. The number of para-hydroxylation sites is 1. The molecule has 6 unspecified atom stereocenters. The van der Waals surface area contributed by atoms with Gasteiger partial charge in [-0.3, -0.25) is 14.4 Å². The normalized spacial score (nSPS) is 26.9. The molecule has 1 aliphatic heterocycles. The van der Waals surface area contributed by atoms with Gasteiger partial charge in [0.05, 0.1) is 17.9 Å². The Bertz CT molecular complexity index is 1250. The van der Waals surface area contributed by atoms with Crippen molar-refractivity contribution in [1.29, 1.82) is 0 Å². The first-order valence-corrected chi connectivity index (χ1v) is 13.4. The fraction of sp³-hybridized carbons (Fsp3) is 0.542. The van der Waals surface area contributed by atoms with E-state index in [9.17, 15) is 40.9 Å². The molecule has 1 aromatic carbocycles. The summed E-state index contributed by atoms with van der Waals surface area (Å²) in [5, 5.41) is -4.94. The number of alkyl halides is 2. The summed E-state index contributed by atoms with van der Waals surface area (Å²) < 4.78 is 77.1. The van der Waals surface area contributed by atoms with E-state index in [0.29, 0.717) is 12.2 Å². The number of hydrogen-bond donors (Lipinski definition) is 0. The predicted octanol–water partition coefficient (Wildman–Crippen LogP) is 0.865. The molecule has 0 aromatic heterocycles. The maximum absolute atomic E-state index is 13.3. The Morgan fingerprint density at radius 1 is 1.12 bits per heavy atom. The van der Waals surface area contributed by atoms with Crippen molar-refractivity contribution in [2.45, 2.75) is 43.7 Å². The van der Waals surface area contributed by atoms with Crippen LogP contribution in [0.1, 0.15) is 20.3 Å². The van der Waals surface area contributed by atoms with E-state index in [4.69, 9.17) is 14.2 Å². The number of ether oxygens (including phenoxy) is 4. The standard InChI is InChI=1S/C24H26F2NO11S.Rf/c1-12(2)27-20-14-8-15(19(18(14)22(27)30)23(31)37-13-6-4-3-5-7-13)21(20)38-17(29)10-35-9-16(28)36-11-24(25,26)39(32,33)34;/h3-7,11-12,14-15,18-21H,8-10H2,1-2H3,(H,32,33,34);/q-1;/p-1. The van der Waals surface area contributed by atoms with Crippen molar-refractivity contribution >= 4 is 33.9 Å². The summed E-state index contributed by atoms with van der Waals surface area (Å²) >= 11 is 0. The van der Waals surface area contributed by atoms with Crippen LogP contribution in [0.25, 0.3) is 0 Å². The molecule has 1 heterocycles. The van der Waals surface area contributed by atoms with Crippen LogP contribution >= 0.6 is 0 Å². The number of fused-ring (bicyclic) bond motifs is 1. The minimum Gasteiger partial charge on any atom is -0.746 e. The van der Waals surface area contributed by atoms with Gasteiger partial charge in [-0.15, -0.1) is 0 Å². The molecule has 4 rings (SSSR count). The maximum Gasteiger partial charge on any atom is 0.332 e. The van der Waals surface area contributed by atoms with Crippen molar-refractivity contribution in [3.05, 3.63) is 36.9 Å². The quantitative estimate of drug-likeness (QED) is 0.134. The van der Waals surface area contributed by atoms with Gasteiger partial charge in [0, 0.05) is 12.0 Å². The first kappa shape index (κ1) is 30.4. The van der Waals surface area contributed by atoms with E-state index in [1.54, 1.807) is 49.1 Å². The number of carbonyl (C=O) groups excluding carboxylic acids is 4. The Labute approximate surface area is 222 Å². The summed E-state index contributed by atoms with van der Waals surface area (Å²) in [4.78, 5) is 52.1. The first-order valence-electron chi connectivity index (χ1n) is 12.0. The van der Waals surface area contributed by atoms with Gasteiger partial charge in [0.1, 0.15) is 35.2 Å². The second kappa shape index (κ2) is 11.1. The van der Waals surface area contributed by atoms with Gasteiger partial charge in [0.2, 0.25) is 5.91 Å². The molecule has 0 radical (unpaired) electrons. The van der Waals surface area contributed by atoms with Crippen LogP contribution in [0.2, 0.25) is 0 Å². The van der Waals surface area contributed by atoms with Crippen LogP contribution in [0.4, 0.5) is 8.78 Å². The van der Waals surface area contributed by atoms with Gasteiger partial charge in [-0.2, -0.15) is 0 Å². The Balaban J connectivity index is 0.00000441. The second-order valence-electron chi connectivity index (χ2n) is 9.75. The van der Waals surface area contributed by atoms with E-state index in [1.165, 1.54) is 0 Å². The minimum absolute atomic E-state index is 0. The molecule has 2 bridgehead atoms. The average molecular weight is 841 g/mol. The van der Waals surface area contributed by atoms with Crippen molar-refractivity contribution in [3.8, 4) is 5.75 Å². The van der Waals surface area contributed by atoms with Crippen molar-refractivity contribution in [1.82, 2.24) is 4.90 Å². The topological polar surface area (TPSA) is 166 Å². The van der Waals surface area contributed by atoms with E-state index in [2.05, 4.69) is 4.74 Å². The van der Waals surface area contributed by atoms with Gasteiger partial charge >= 0.3 is 17.9 Å². The monoisotopic (exact) mass is 840 g/mol. The van der Waals surface area contributed by atoms with Gasteiger partial charge in [0.25, 0.3) is 5.25 Å². The number of benzene rings is 1. The van der Waals surface area contributed by atoms with Crippen LogP contribution in [-0.2, 0) is 43.5 Å². The molecule has 3 fully saturated rings. The number of nitrogens with zero attached hydrogens (tertiary/aromatic N) is 1. The largest absolute Gasteiger partial charge is 0.746 e. The summed E-state index contributed by atoms with van der Waals surface area (Å²) in [5.74, 6) is -5.15. The average Bonchev–Trinajstić information content (AvgIpc) is 3.45. The number of hydrogen-bond acceptors (Lipinski definition) is 11. The maximum atomic E-state index is 13.3. The smallest absolute Gasteiger partial charge is 0.332 e. The second-order valence-corrected chi connectivity index (χ2v) is 11.2. The molecule has 3 aliphatic rings. The van der Waals surface area contributed by atoms with Gasteiger partial charge in [-0.05, 0) is 38.3 Å². The number of rotatable bonds is 11. The molecule has 16 heteroatoms. The Hall–Kier alpha value is -4.17. The number of likely N-dealkylation sites (tertiary alicyclic amines) is 1. The van der Waals surface area contributed by atoms with Crippen LogP contribution in [0.3, 0.4) is 0 Å². The SMILES string of the molecule is CC(C)N1C(=O)C2C3CC(C(OC(=O)COCC(=O)O[CH-]C(F)(F)S(=O)(=O)[O-])C31)C2C(=O)Oc1ccccc1.[Rf]. The molecule has 216 valence electrons. The number of esters is 3. The molecule has 6 atom stereocenters. The van der Waals surface area contributed by atoms with E-state index in [0.717, 1.165) is 0 Å².